The summed E-state index contributed by atoms with van der Waals surface area (Å²) in [5.74, 6) is -0.275. The van der Waals surface area contributed by atoms with E-state index in [4.69, 9.17) is 11.6 Å². The predicted octanol–water partition coefficient (Wildman–Crippen LogP) is 5.32. The second-order valence-electron chi connectivity index (χ2n) is 7.96. The van der Waals surface area contributed by atoms with Crippen molar-refractivity contribution in [3.63, 3.8) is 0 Å². The van der Waals surface area contributed by atoms with E-state index in [1.54, 1.807) is 35.2 Å². The Morgan fingerprint density at radius 2 is 1.83 bits per heavy atom. The number of amides is 2. The smallest absolute Gasteiger partial charge is 0.244 e. The first-order valence-electron chi connectivity index (χ1n) is 10.2. The van der Waals surface area contributed by atoms with Gasteiger partial charge >= 0.3 is 0 Å². The SMILES string of the molecule is O=C1CN(C(=O)CC2CCCCC2)[C@H](c2ccc(F)cc2)c2cc(Cl)ccc2N1. The Morgan fingerprint density at radius 3 is 2.55 bits per heavy atom. The number of anilines is 1. The normalized spacial score (nSPS) is 20.0. The van der Waals surface area contributed by atoms with Crippen LogP contribution < -0.4 is 5.32 Å². The molecule has 2 aromatic rings. The molecule has 0 spiro atoms. The maximum Gasteiger partial charge on any atom is 0.244 e. The monoisotopic (exact) mass is 414 g/mol. The fraction of sp³-hybridized carbons (Fsp3) is 0.391. The van der Waals surface area contributed by atoms with E-state index in [1.165, 1.54) is 18.6 Å². The first kappa shape index (κ1) is 19.9. The zero-order valence-corrected chi connectivity index (χ0v) is 16.9. The van der Waals surface area contributed by atoms with E-state index in [-0.39, 0.29) is 24.2 Å². The summed E-state index contributed by atoms with van der Waals surface area (Å²) in [5.41, 5.74) is 2.12. The fourth-order valence-corrected chi connectivity index (χ4v) is 4.65. The molecule has 2 amide bonds. The highest BCUT2D eigenvalue weighted by molar-refractivity contribution is 6.30. The molecule has 1 aliphatic carbocycles. The van der Waals surface area contributed by atoms with E-state index >= 15 is 0 Å². The lowest BCUT2D eigenvalue weighted by Crippen LogP contribution is -2.39. The predicted molar refractivity (Wildman–Crippen MR) is 111 cm³/mol. The lowest BCUT2D eigenvalue weighted by molar-refractivity contribution is -0.137. The van der Waals surface area contributed by atoms with Crippen molar-refractivity contribution < 1.29 is 14.0 Å². The van der Waals surface area contributed by atoms with E-state index in [1.807, 2.05) is 0 Å². The second-order valence-corrected chi connectivity index (χ2v) is 8.40. The van der Waals surface area contributed by atoms with E-state index < -0.39 is 6.04 Å². The van der Waals surface area contributed by atoms with Crippen LogP contribution in [0.5, 0.6) is 0 Å². The van der Waals surface area contributed by atoms with Crippen LogP contribution in [0.2, 0.25) is 5.02 Å². The molecule has 0 aromatic heterocycles. The van der Waals surface area contributed by atoms with Gasteiger partial charge in [0.1, 0.15) is 12.4 Å². The molecule has 6 heteroatoms. The van der Waals surface area contributed by atoms with E-state index in [0.29, 0.717) is 23.0 Å². The number of nitrogens with zero attached hydrogens (tertiary/aromatic N) is 1. The van der Waals surface area contributed by atoms with Crippen LogP contribution in [0.3, 0.4) is 0 Å². The quantitative estimate of drug-likeness (QED) is 0.738. The highest BCUT2D eigenvalue weighted by atomic mass is 35.5. The largest absolute Gasteiger partial charge is 0.324 e. The third kappa shape index (κ3) is 4.45. The molecule has 152 valence electrons. The number of rotatable bonds is 3. The van der Waals surface area contributed by atoms with Crippen molar-refractivity contribution in [3.8, 4) is 0 Å². The molecule has 1 N–H and O–H groups in total. The van der Waals surface area contributed by atoms with Crippen molar-refractivity contribution in [1.82, 2.24) is 4.90 Å². The molecule has 2 aromatic carbocycles. The third-order valence-corrected chi connectivity index (χ3v) is 6.14. The van der Waals surface area contributed by atoms with E-state index in [9.17, 15) is 14.0 Å². The maximum atomic E-state index is 13.6. The number of benzene rings is 2. The van der Waals surface area contributed by atoms with Gasteiger partial charge in [0.25, 0.3) is 0 Å². The molecule has 0 saturated heterocycles. The van der Waals surface area contributed by atoms with Gasteiger partial charge in [0.15, 0.2) is 0 Å². The Balaban J connectivity index is 1.74. The Kier molecular flexibility index (Phi) is 5.86. The third-order valence-electron chi connectivity index (χ3n) is 5.90. The van der Waals surface area contributed by atoms with Crippen LogP contribution in [0.15, 0.2) is 42.5 Å². The van der Waals surface area contributed by atoms with Crippen LogP contribution in [-0.4, -0.2) is 23.3 Å². The van der Waals surface area contributed by atoms with Crippen molar-refractivity contribution in [1.29, 1.82) is 0 Å². The van der Waals surface area contributed by atoms with Crippen LogP contribution in [0.4, 0.5) is 10.1 Å². The van der Waals surface area contributed by atoms with Gasteiger partial charge in [0.2, 0.25) is 11.8 Å². The number of halogens is 2. The van der Waals surface area contributed by atoms with Crippen molar-refractivity contribution in [2.75, 3.05) is 11.9 Å². The van der Waals surface area contributed by atoms with E-state index in [2.05, 4.69) is 5.32 Å². The van der Waals surface area contributed by atoms with Crippen LogP contribution in [0.25, 0.3) is 0 Å². The van der Waals surface area contributed by atoms with Gasteiger partial charge in [0, 0.05) is 22.7 Å². The summed E-state index contributed by atoms with van der Waals surface area (Å²) in [4.78, 5) is 27.5. The first-order valence-corrected chi connectivity index (χ1v) is 10.5. The minimum atomic E-state index is -0.501. The molecule has 1 heterocycles. The molecule has 1 aliphatic heterocycles. The fourth-order valence-electron chi connectivity index (χ4n) is 4.47. The Bertz CT molecular complexity index is 910. The summed E-state index contributed by atoms with van der Waals surface area (Å²) in [6.45, 7) is -0.0418. The minimum absolute atomic E-state index is 0.0418. The molecule has 1 atom stereocenters. The van der Waals surface area contributed by atoms with Gasteiger partial charge in [-0.2, -0.15) is 0 Å². The van der Waals surface area contributed by atoms with Crippen molar-refractivity contribution in [2.45, 2.75) is 44.6 Å². The summed E-state index contributed by atoms with van der Waals surface area (Å²) in [5, 5.41) is 3.40. The lowest BCUT2D eigenvalue weighted by Gasteiger charge is -2.32. The molecule has 4 nitrogen and oxygen atoms in total. The summed E-state index contributed by atoms with van der Waals surface area (Å²) in [6.07, 6.45) is 6.06. The standard InChI is InChI=1S/C23H24ClFN2O2/c24-17-8-11-20-19(13-17)23(16-6-9-18(25)10-7-16)27(14-21(28)26-20)22(29)12-15-4-2-1-3-5-15/h6-11,13,15,23H,1-5,12,14H2,(H,26,28)/t23-/m1/s1. The van der Waals surface area contributed by atoms with Crippen molar-refractivity contribution in [2.24, 2.45) is 5.92 Å². The highest BCUT2D eigenvalue weighted by Gasteiger charge is 2.34. The number of carbonyl (C=O) groups is 2. The van der Waals surface area contributed by atoms with Gasteiger partial charge < -0.3 is 10.2 Å². The Morgan fingerprint density at radius 1 is 1.10 bits per heavy atom. The van der Waals surface area contributed by atoms with Gasteiger partial charge in [-0.3, -0.25) is 9.59 Å². The Hall–Kier alpha value is -2.40. The second kappa shape index (κ2) is 8.54. The van der Waals surface area contributed by atoms with Gasteiger partial charge in [-0.15, -0.1) is 0 Å². The number of fused-ring (bicyclic) bond motifs is 1. The zero-order chi connectivity index (χ0) is 20.4. The van der Waals surface area contributed by atoms with E-state index in [0.717, 1.165) is 36.8 Å². The van der Waals surface area contributed by atoms with Gasteiger partial charge in [-0.05, 0) is 54.7 Å². The lowest BCUT2D eigenvalue weighted by atomic mass is 9.86. The summed E-state index contributed by atoms with van der Waals surface area (Å²) < 4.78 is 13.6. The van der Waals surface area contributed by atoms with Crippen LogP contribution in [0.1, 0.15) is 55.7 Å². The summed E-state index contributed by atoms with van der Waals surface area (Å²) in [6, 6.07) is 10.8. The molecule has 0 bridgehead atoms. The average molecular weight is 415 g/mol. The molecule has 2 aliphatic rings. The van der Waals surface area contributed by atoms with Gasteiger partial charge in [-0.1, -0.05) is 43.0 Å². The number of carbonyl (C=O) groups excluding carboxylic acids is 2. The highest BCUT2D eigenvalue weighted by Crippen LogP contribution is 2.38. The number of nitrogens with one attached hydrogen (secondary N) is 1. The Labute approximate surface area is 175 Å². The van der Waals surface area contributed by atoms with Crippen LogP contribution in [0, 0.1) is 11.7 Å². The van der Waals surface area contributed by atoms with Gasteiger partial charge in [0.05, 0.1) is 6.04 Å². The first-order chi connectivity index (χ1) is 14.0. The van der Waals surface area contributed by atoms with Crippen LogP contribution >= 0.6 is 11.6 Å². The van der Waals surface area contributed by atoms with Crippen LogP contribution in [-0.2, 0) is 9.59 Å². The average Bonchev–Trinajstić information content (AvgIpc) is 2.85. The molecular formula is C23H24ClFN2O2. The molecular weight excluding hydrogens is 391 g/mol. The molecule has 29 heavy (non-hydrogen) atoms. The molecule has 0 radical (unpaired) electrons. The minimum Gasteiger partial charge on any atom is -0.324 e. The molecule has 1 fully saturated rings. The maximum absolute atomic E-state index is 13.6. The molecule has 4 rings (SSSR count). The zero-order valence-electron chi connectivity index (χ0n) is 16.2. The number of hydrogen-bond donors (Lipinski definition) is 1. The summed E-state index contributed by atoms with van der Waals surface area (Å²) >= 11 is 6.25. The topological polar surface area (TPSA) is 49.4 Å². The number of hydrogen-bond acceptors (Lipinski definition) is 2. The van der Waals surface area contributed by atoms with Gasteiger partial charge in [-0.25, -0.2) is 4.39 Å². The molecule has 0 unspecified atom stereocenters. The molecule has 1 saturated carbocycles. The van der Waals surface area contributed by atoms with Crippen molar-refractivity contribution >= 4 is 29.1 Å². The summed E-state index contributed by atoms with van der Waals surface area (Å²) in [7, 11) is 0. The van der Waals surface area contributed by atoms with Crippen molar-refractivity contribution in [3.05, 3.63) is 64.4 Å².